The molecular formula is C23H34O4. The predicted octanol–water partition coefficient (Wildman–Crippen LogP) is 4.06. The first-order valence-corrected chi connectivity index (χ1v) is 10.7. The average Bonchev–Trinajstić information content (AvgIpc) is 2.95. The maximum Gasteiger partial charge on any atom is 0.302 e. The van der Waals surface area contributed by atoms with Gasteiger partial charge in [0.25, 0.3) is 0 Å². The van der Waals surface area contributed by atoms with Crippen LogP contribution in [0.15, 0.2) is 11.6 Å². The first-order valence-electron chi connectivity index (χ1n) is 10.7. The minimum Gasteiger partial charge on any atom is -0.463 e. The summed E-state index contributed by atoms with van der Waals surface area (Å²) in [5.74, 6) is 1.98. The van der Waals surface area contributed by atoms with E-state index in [-0.39, 0.29) is 28.7 Å². The van der Waals surface area contributed by atoms with Gasteiger partial charge in [0.05, 0.1) is 6.10 Å². The fourth-order valence-corrected chi connectivity index (χ4v) is 7.63. The second kappa shape index (κ2) is 6.43. The number of hydrogen-bond acceptors (Lipinski definition) is 4. The van der Waals surface area contributed by atoms with E-state index in [1.165, 1.54) is 19.8 Å². The van der Waals surface area contributed by atoms with Crippen LogP contribution in [0, 0.1) is 34.5 Å². The van der Waals surface area contributed by atoms with E-state index in [0.29, 0.717) is 23.7 Å². The summed E-state index contributed by atoms with van der Waals surface area (Å²) < 4.78 is 5.53. The Balaban J connectivity index is 1.59. The summed E-state index contributed by atoms with van der Waals surface area (Å²) in [6.45, 7) is 7.70. The van der Waals surface area contributed by atoms with E-state index in [1.807, 2.05) is 0 Å². The number of allylic oxidation sites excluding steroid dienone is 1. The van der Waals surface area contributed by atoms with Crippen molar-refractivity contribution in [2.75, 3.05) is 0 Å². The van der Waals surface area contributed by atoms with Crippen molar-refractivity contribution < 1.29 is 19.4 Å². The summed E-state index contributed by atoms with van der Waals surface area (Å²) in [6.07, 6.45) is 8.78. The second-order valence-electron chi connectivity index (χ2n) is 10.1. The third-order valence-electron chi connectivity index (χ3n) is 9.02. The van der Waals surface area contributed by atoms with E-state index in [9.17, 15) is 14.7 Å². The molecule has 0 aromatic heterocycles. The Hall–Kier alpha value is -1.16. The van der Waals surface area contributed by atoms with Crippen molar-refractivity contribution in [1.82, 2.24) is 0 Å². The molecule has 27 heavy (non-hydrogen) atoms. The molecule has 0 saturated heterocycles. The van der Waals surface area contributed by atoms with Gasteiger partial charge in [0.1, 0.15) is 6.10 Å². The number of rotatable bonds is 2. The van der Waals surface area contributed by atoms with Crippen molar-refractivity contribution in [3.05, 3.63) is 11.6 Å². The standard InChI is InChI=1S/C23H34O4/c1-13(24)18-7-8-19-17-6-5-15-11-16(27-14(2)25)9-10-22(15,3)20(17)12-21(26)23(18,19)4/h7,15-17,19-21,26H,5-6,8-12H2,1-4H3/t15-,16-,17-,19-,20-,21+,22-,23+/m0/s1. The number of ketones is 1. The molecule has 4 heteroatoms. The molecule has 0 amide bonds. The fraction of sp³-hybridized carbons (Fsp3) is 0.826. The molecule has 0 spiro atoms. The molecule has 0 bridgehead atoms. The van der Waals surface area contributed by atoms with Crippen LogP contribution in [0.2, 0.25) is 0 Å². The van der Waals surface area contributed by atoms with E-state index in [2.05, 4.69) is 19.9 Å². The van der Waals surface area contributed by atoms with Gasteiger partial charge in [0, 0.05) is 12.3 Å². The van der Waals surface area contributed by atoms with Crippen LogP contribution in [0.4, 0.5) is 0 Å². The molecule has 0 unspecified atom stereocenters. The summed E-state index contributed by atoms with van der Waals surface area (Å²) in [5.41, 5.74) is 0.704. The van der Waals surface area contributed by atoms with Gasteiger partial charge in [-0.2, -0.15) is 0 Å². The number of ether oxygens (including phenoxy) is 1. The molecule has 4 aliphatic carbocycles. The van der Waals surface area contributed by atoms with Crippen LogP contribution in [0.3, 0.4) is 0 Å². The van der Waals surface area contributed by atoms with Gasteiger partial charge in [-0.25, -0.2) is 0 Å². The third kappa shape index (κ3) is 2.73. The lowest BCUT2D eigenvalue weighted by molar-refractivity contribution is -0.169. The molecule has 0 aromatic rings. The number of hydrogen-bond donors (Lipinski definition) is 1. The lowest BCUT2D eigenvalue weighted by Crippen LogP contribution is -2.58. The molecule has 8 atom stereocenters. The fourth-order valence-electron chi connectivity index (χ4n) is 7.63. The van der Waals surface area contributed by atoms with Gasteiger partial charge >= 0.3 is 5.97 Å². The van der Waals surface area contributed by atoms with Crippen LogP contribution >= 0.6 is 0 Å². The van der Waals surface area contributed by atoms with Crippen LogP contribution in [-0.2, 0) is 14.3 Å². The van der Waals surface area contributed by atoms with Crippen LogP contribution in [-0.4, -0.2) is 29.1 Å². The van der Waals surface area contributed by atoms with E-state index >= 15 is 0 Å². The minimum absolute atomic E-state index is 0.0633. The van der Waals surface area contributed by atoms with Crippen molar-refractivity contribution in [3.8, 4) is 0 Å². The molecule has 0 heterocycles. The third-order valence-corrected chi connectivity index (χ3v) is 9.02. The number of aliphatic hydroxyl groups is 1. The monoisotopic (exact) mass is 374 g/mol. The normalized spacial score (nSPS) is 48.7. The SMILES string of the molecule is CC(=O)O[C@H]1CC[C@@]2(C)[C@@H](CC[C@@H]3[C@@H]2C[C@@H](O)[C@]2(C)C(C(C)=O)=CC[C@@H]32)C1. The number of aliphatic hydroxyl groups excluding tert-OH is 1. The molecule has 4 rings (SSSR count). The Labute approximate surface area is 162 Å². The number of fused-ring (bicyclic) bond motifs is 5. The Bertz CT molecular complexity index is 682. The van der Waals surface area contributed by atoms with Gasteiger partial charge in [0.15, 0.2) is 5.78 Å². The highest BCUT2D eigenvalue weighted by atomic mass is 16.5. The number of esters is 1. The lowest BCUT2D eigenvalue weighted by atomic mass is 9.44. The highest BCUT2D eigenvalue weighted by molar-refractivity contribution is 5.95. The maximum atomic E-state index is 12.2. The van der Waals surface area contributed by atoms with Crippen molar-refractivity contribution >= 4 is 11.8 Å². The molecule has 4 aliphatic rings. The zero-order valence-corrected chi connectivity index (χ0v) is 17.2. The molecule has 0 aromatic carbocycles. The van der Waals surface area contributed by atoms with Crippen LogP contribution < -0.4 is 0 Å². The van der Waals surface area contributed by atoms with Crippen molar-refractivity contribution in [2.24, 2.45) is 34.5 Å². The number of Topliss-reactive ketones (excluding diaryl/α,β-unsaturated/α-hetero) is 1. The summed E-state index contributed by atoms with van der Waals surface area (Å²) in [5, 5.41) is 11.2. The van der Waals surface area contributed by atoms with Gasteiger partial charge < -0.3 is 9.84 Å². The zero-order chi connectivity index (χ0) is 19.6. The van der Waals surface area contributed by atoms with E-state index in [1.54, 1.807) is 6.92 Å². The van der Waals surface area contributed by atoms with E-state index in [4.69, 9.17) is 4.74 Å². The van der Waals surface area contributed by atoms with Crippen molar-refractivity contribution in [1.29, 1.82) is 0 Å². The molecule has 3 fully saturated rings. The first-order chi connectivity index (χ1) is 12.7. The van der Waals surface area contributed by atoms with Gasteiger partial charge in [-0.15, -0.1) is 0 Å². The summed E-state index contributed by atoms with van der Waals surface area (Å²) >= 11 is 0. The quantitative estimate of drug-likeness (QED) is 0.741. The molecule has 3 saturated carbocycles. The Morgan fingerprint density at radius 3 is 2.52 bits per heavy atom. The van der Waals surface area contributed by atoms with Crippen molar-refractivity contribution in [2.45, 2.75) is 84.8 Å². The smallest absolute Gasteiger partial charge is 0.302 e. The molecule has 1 N–H and O–H groups in total. The Morgan fingerprint density at radius 1 is 1.11 bits per heavy atom. The van der Waals surface area contributed by atoms with E-state index < -0.39 is 6.10 Å². The van der Waals surface area contributed by atoms with Crippen molar-refractivity contribution in [3.63, 3.8) is 0 Å². The summed E-state index contributed by atoms with van der Waals surface area (Å²) in [4.78, 5) is 23.6. The maximum absolute atomic E-state index is 12.2. The Kier molecular flexibility index (Phi) is 4.57. The zero-order valence-electron chi connectivity index (χ0n) is 17.2. The van der Waals surface area contributed by atoms with Crippen LogP contribution in [0.5, 0.6) is 0 Å². The Morgan fingerprint density at radius 2 is 1.85 bits per heavy atom. The van der Waals surface area contributed by atoms with Gasteiger partial charge in [0.2, 0.25) is 0 Å². The topological polar surface area (TPSA) is 63.6 Å². The van der Waals surface area contributed by atoms with Crippen LogP contribution in [0.1, 0.15) is 72.6 Å². The number of carbonyl (C=O) groups excluding carboxylic acids is 2. The predicted molar refractivity (Wildman–Crippen MR) is 103 cm³/mol. The lowest BCUT2D eigenvalue weighted by Gasteiger charge is -2.61. The summed E-state index contributed by atoms with van der Waals surface area (Å²) in [6, 6.07) is 0. The van der Waals surface area contributed by atoms with Crippen LogP contribution in [0.25, 0.3) is 0 Å². The minimum atomic E-state index is -0.442. The van der Waals surface area contributed by atoms with Gasteiger partial charge in [-0.05, 0) is 86.5 Å². The number of carbonyl (C=O) groups is 2. The molecular weight excluding hydrogens is 340 g/mol. The molecule has 4 nitrogen and oxygen atoms in total. The molecule has 150 valence electrons. The van der Waals surface area contributed by atoms with Gasteiger partial charge in [-0.3, -0.25) is 9.59 Å². The molecule has 0 aliphatic heterocycles. The summed E-state index contributed by atoms with van der Waals surface area (Å²) in [7, 11) is 0. The second-order valence-corrected chi connectivity index (χ2v) is 10.1. The van der Waals surface area contributed by atoms with Gasteiger partial charge in [-0.1, -0.05) is 19.9 Å². The highest BCUT2D eigenvalue weighted by Gasteiger charge is 2.62. The highest BCUT2D eigenvalue weighted by Crippen LogP contribution is 2.66. The molecule has 0 radical (unpaired) electrons. The average molecular weight is 375 g/mol. The largest absolute Gasteiger partial charge is 0.463 e. The first kappa shape index (κ1) is 19.2. The van der Waals surface area contributed by atoms with E-state index in [0.717, 1.165) is 37.7 Å².